The quantitative estimate of drug-likeness (QED) is 0.813. The number of thiophene rings is 1. The second-order valence-electron chi connectivity index (χ2n) is 8.18. The minimum Gasteiger partial charge on any atom is -0.341 e. The van der Waals surface area contributed by atoms with Crippen LogP contribution in [-0.4, -0.2) is 53.8 Å². The lowest BCUT2D eigenvalue weighted by atomic mass is 9.65. The Balaban J connectivity index is 0.00000210. The summed E-state index contributed by atoms with van der Waals surface area (Å²) in [5.41, 5.74) is 7.15. The van der Waals surface area contributed by atoms with Gasteiger partial charge in [-0.25, -0.2) is 0 Å². The number of carbonyl (C=O) groups is 2. The summed E-state index contributed by atoms with van der Waals surface area (Å²) < 4.78 is 0. The molecular weight excluding hydrogens is 382 g/mol. The van der Waals surface area contributed by atoms with Crippen molar-refractivity contribution in [2.75, 3.05) is 26.2 Å². The third-order valence-electron chi connectivity index (χ3n) is 6.63. The lowest BCUT2D eigenvalue weighted by Gasteiger charge is -2.44. The van der Waals surface area contributed by atoms with Crippen LogP contribution in [0.4, 0.5) is 0 Å². The molecule has 2 aliphatic carbocycles. The van der Waals surface area contributed by atoms with Crippen molar-refractivity contribution in [1.29, 1.82) is 0 Å². The maximum absolute atomic E-state index is 13.1. The molecule has 2 atom stereocenters. The van der Waals surface area contributed by atoms with Crippen LogP contribution in [-0.2, 0) is 4.79 Å². The van der Waals surface area contributed by atoms with Crippen molar-refractivity contribution in [3.05, 3.63) is 22.4 Å². The summed E-state index contributed by atoms with van der Waals surface area (Å²) >= 11 is 1.55. The number of halogens is 1. The second-order valence-corrected chi connectivity index (χ2v) is 8.96. The third-order valence-corrected chi connectivity index (χ3v) is 7.31. The molecule has 4 rings (SSSR count). The van der Waals surface area contributed by atoms with Gasteiger partial charge in [0.2, 0.25) is 5.91 Å². The van der Waals surface area contributed by atoms with Gasteiger partial charge in [0.05, 0.1) is 5.56 Å². The Hall–Kier alpha value is -1.11. The van der Waals surface area contributed by atoms with Gasteiger partial charge in [-0.3, -0.25) is 9.59 Å². The first-order chi connectivity index (χ1) is 12.6. The fraction of sp³-hybridized carbons (Fsp3) is 0.700. The Labute approximate surface area is 171 Å². The number of hydrogen-bond donors (Lipinski definition) is 1. The van der Waals surface area contributed by atoms with Crippen molar-refractivity contribution in [1.82, 2.24) is 9.80 Å². The first-order valence-electron chi connectivity index (χ1n) is 9.99. The average molecular weight is 412 g/mol. The van der Waals surface area contributed by atoms with Gasteiger partial charge < -0.3 is 15.5 Å². The predicted octanol–water partition coefficient (Wildman–Crippen LogP) is 3.00. The van der Waals surface area contributed by atoms with E-state index in [4.69, 9.17) is 5.73 Å². The van der Waals surface area contributed by atoms with Crippen molar-refractivity contribution < 1.29 is 9.59 Å². The zero-order valence-electron chi connectivity index (χ0n) is 15.7. The van der Waals surface area contributed by atoms with E-state index in [0.717, 1.165) is 37.9 Å². The smallest absolute Gasteiger partial charge is 0.254 e. The summed E-state index contributed by atoms with van der Waals surface area (Å²) in [4.78, 5) is 29.6. The molecule has 7 heteroatoms. The van der Waals surface area contributed by atoms with E-state index in [9.17, 15) is 9.59 Å². The van der Waals surface area contributed by atoms with E-state index in [-0.39, 0.29) is 24.2 Å². The first kappa shape index (κ1) is 20.6. The second kappa shape index (κ2) is 8.93. The molecule has 5 nitrogen and oxygen atoms in total. The number of fused-ring (bicyclic) bond motifs is 2. The third kappa shape index (κ3) is 4.33. The number of amides is 2. The number of rotatable bonds is 2. The van der Waals surface area contributed by atoms with Gasteiger partial charge in [-0.2, -0.15) is 11.3 Å². The molecule has 2 saturated carbocycles. The van der Waals surface area contributed by atoms with Gasteiger partial charge in [-0.1, -0.05) is 6.42 Å². The van der Waals surface area contributed by atoms with Crippen LogP contribution in [0.25, 0.3) is 0 Å². The summed E-state index contributed by atoms with van der Waals surface area (Å²) in [6, 6.07) is 2.18. The normalized spacial score (nSPS) is 31.0. The van der Waals surface area contributed by atoms with Crippen LogP contribution < -0.4 is 5.73 Å². The van der Waals surface area contributed by atoms with Crippen LogP contribution in [0.5, 0.6) is 0 Å². The van der Waals surface area contributed by atoms with Crippen LogP contribution in [0, 0.1) is 17.8 Å². The Morgan fingerprint density at radius 1 is 1.00 bits per heavy atom. The minimum absolute atomic E-state index is 0. The van der Waals surface area contributed by atoms with Gasteiger partial charge in [0, 0.05) is 43.5 Å². The summed E-state index contributed by atoms with van der Waals surface area (Å²) in [5.74, 6) is 1.60. The van der Waals surface area contributed by atoms with E-state index >= 15 is 0 Å². The van der Waals surface area contributed by atoms with E-state index in [1.807, 2.05) is 26.6 Å². The minimum atomic E-state index is 0. The Bertz CT molecular complexity index is 640. The van der Waals surface area contributed by atoms with Gasteiger partial charge in [0.25, 0.3) is 5.91 Å². The molecule has 1 aliphatic heterocycles. The van der Waals surface area contributed by atoms with Gasteiger partial charge in [-0.15, -0.1) is 12.4 Å². The molecule has 1 aromatic heterocycles. The number of hydrogen-bond acceptors (Lipinski definition) is 4. The monoisotopic (exact) mass is 411 g/mol. The highest BCUT2D eigenvalue weighted by molar-refractivity contribution is 7.08. The summed E-state index contributed by atoms with van der Waals surface area (Å²) in [7, 11) is 0. The largest absolute Gasteiger partial charge is 0.341 e. The van der Waals surface area contributed by atoms with Crippen LogP contribution in [0.3, 0.4) is 0 Å². The maximum atomic E-state index is 13.1. The predicted molar refractivity (Wildman–Crippen MR) is 110 cm³/mol. The molecule has 1 aromatic rings. The number of nitrogens with two attached hydrogens (primary N) is 1. The molecule has 2 unspecified atom stereocenters. The van der Waals surface area contributed by atoms with Gasteiger partial charge in [0.1, 0.15) is 0 Å². The maximum Gasteiger partial charge on any atom is 0.254 e. The van der Waals surface area contributed by atoms with Crippen molar-refractivity contribution in [3.63, 3.8) is 0 Å². The molecule has 2 bridgehead atoms. The van der Waals surface area contributed by atoms with Crippen LogP contribution >= 0.6 is 23.7 Å². The van der Waals surface area contributed by atoms with Crippen molar-refractivity contribution in [2.24, 2.45) is 23.5 Å². The molecule has 1 saturated heterocycles. The molecule has 2 N–H and O–H groups in total. The van der Waals surface area contributed by atoms with E-state index in [1.54, 1.807) is 11.3 Å². The van der Waals surface area contributed by atoms with Gasteiger partial charge in [0.15, 0.2) is 0 Å². The lowest BCUT2D eigenvalue weighted by molar-refractivity contribution is -0.138. The van der Waals surface area contributed by atoms with Gasteiger partial charge >= 0.3 is 0 Å². The standard InChI is InChI=1S/C20H29N3O2S.ClH/c21-18-14-3-1-4-15(18)12-17(11-14)20(25)23-7-2-6-22(8-9-23)19(24)16-5-10-26-13-16;/h5,10,13-15,17-18H,1-4,6-9,11-12,21H2;1H. The number of carbonyl (C=O) groups excluding carboxylic acids is 2. The van der Waals surface area contributed by atoms with Crippen LogP contribution in [0.15, 0.2) is 16.8 Å². The molecule has 150 valence electrons. The van der Waals surface area contributed by atoms with E-state index < -0.39 is 0 Å². The molecular formula is C20H30ClN3O2S. The molecule has 2 amide bonds. The zero-order chi connectivity index (χ0) is 18.1. The van der Waals surface area contributed by atoms with Crippen LogP contribution in [0.2, 0.25) is 0 Å². The van der Waals surface area contributed by atoms with Crippen molar-refractivity contribution >= 4 is 35.6 Å². The molecule has 0 radical (unpaired) electrons. The SMILES string of the molecule is Cl.NC1C2CCCC1CC(C(=O)N1CCCN(C(=O)c3ccsc3)CC1)C2. The first-order valence-corrected chi connectivity index (χ1v) is 10.9. The summed E-state index contributed by atoms with van der Waals surface area (Å²) in [5, 5.41) is 3.84. The molecule has 0 spiro atoms. The molecule has 3 fully saturated rings. The highest BCUT2D eigenvalue weighted by Gasteiger charge is 2.41. The molecule has 2 heterocycles. The number of nitrogens with zero attached hydrogens (tertiary/aromatic N) is 2. The van der Waals surface area contributed by atoms with Crippen molar-refractivity contribution in [2.45, 2.75) is 44.6 Å². The fourth-order valence-corrected chi connectivity index (χ4v) is 5.79. The van der Waals surface area contributed by atoms with E-state index in [0.29, 0.717) is 36.9 Å². The van der Waals surface area contributed by atoms with Crippen molar-refractivity contribution in [3.8, 4) is 0 Å². The Morgan fingerprint density at radius 2 is 1.67 bits per heavy atom. The molecule has 27 heavy (non-hydrogen) atoms. The summed E-state index contributed by atoms with van der Waals surface area (Å²) in [6.07, 6.45) is 6.43. The lowest BCUT2D eigenvalue weighted by Crippen LogP contribution is -2.50. The topological polar surface area (TPSA) is 66.6 Å². The molecule has 0 aromatic carbocycles. The van der Waals surface area contributed by atoms with E-state index in [1.165, 1.54) is 19.3 Å². The molecule has 3 aliphatic rings. The fourth-order valence-electron chi connectivity index (χ4n) is 5.16. The van der Waals surface area contributed by atoms with E-state index in [2.05, 4.69) is 0 Å². The Kier molecular flexibility index (Phi) is 6.82. The highest BCUT2D eigenvalue weighted by Crippen LogP contribution is 2.42. The summed E-state index contributed by atoms with van der Waals surface area (Å²) in [6.45, 7) is 2.80. The zero-order valence-corrected chi connectivity index (χ0v) is 17.4. The van der Waals surface area contributed by atoms with Crippen LogP contribution in [0.1, 0.15) is 48.9 Å². The average Bonchev–Trinajstić information content (AvgIpc) is 3.05. The Morgan fingerprint density at radius 3 is 2.33 bits per heavy atom. The highest BCUT2D eigenvalue weighted by atomic mass is 35.5. The van der Waals surface area contributed by atoms with Gasteiger partial charge in [-0.05, 0) is 55.4 Å².